The highest BCUT2D eigenvalue weighted by Gasteiger charge is 2.18. The third-order valence-electron chi connectivity index (χ3n) is 4.00. The van der Waals surface area contributed by atoms with E-state index in [1.807, 2.05) is 24.3 Å². The molecule has 0 bridgehead atoms. The van der Waals surface area contributed by atoms with Gasteiger partial charge >= 0.3 is 5.97 Å². The molecule has 0 spiro atoms. The number of ether oxygens (including phenoxy) is 1. The lowest BCUT2D eigenvalue weighted by Gasteiger charge is -2.13. The molecule has 3 rings (SSSR count). The molecule has 1 aromatic heterocycles. The summed E-state index contributed by atoms with van der Waals surface area (Å²) in [6, 6.07) is 12.5. The van der Waals surface area contributed by atoms with Crippen LogP contribution >= 0.6 is 0 Å². The molecule has 1 amide bonds. The van der Waals surface area contributed by atoms with Gasteiger partial charge in [-0.05, 0) is 30.2 Å². The molecule has 0 aliphatic rings. The van der Waals surface area contributed by atoms with E-state index in [1.165, 1.54) is 0 Å². The Morgan fingerprint density at radius 3 is 2.81 bits per heavy atom. The Labute approximate surface area is 155 Å². The van der Waals surface area contributed by atoms with E-state index >= 15 is 0 Å². The Hall–Kier alpha value is -3.52. The van der Waals surface area contributed by atoms with Crippen LogP contribution in [0.2, 0.25) is 0 Å². The number of hydrogen-bond acceptors (Lipinski definition) is 6. The van der Waals surface area contributed by atoms with E-state index in [0.29, 0.717) is 18.5 Å². The van der Waals surface area contributed by atoms with Crippen LogP contribution < -0.4 is 16.0 Å². The van der Waals surface area contributed by atoms with Crippen LogP contribution in [0, 0.1) is 0 Å². The van der Waals surface area contributed by atoms with Crippen LogP contribution in [0.4, 0.5) is 0 Å². The van der Waals surface area contributed by atoms with Gasteiger partial charge in [-0.25, -0.2) is 10.5 Å². The zero-order valence-corrected chi connectivity index (χ0v) is 14.6. The maximum absolute atomic E-state index is 12.4. The first-order chi connectivity index (χ1) is 13.1. The van der Waals surface area contributed by atoms with Crippen LogP contribution in [0.25, 0.3) is 11.0 Å². The number of para-hydroxylation sites is 2. The predicted molar refractivity (Wildman–Crippen MR) is 99.8 cm³/mol. The number of benzene rings is 2. The third kappa shape index (κ3) is 4.01. The van der Waals surface area contributed by atoms with Gasteiger partial charge in [0.15, 0.2) is 0 Å². The van der Waals surface area contributed by atoms with Gasteiger partial charge in [-0.1, -0.05) is 35.6 Å². The molecule has 1 heterocycles. The largest absolute Gasteiger partial charge is 0.425 e. The van der Waals surface area contributed by atoms with Gasteiger partial charge in [-0.2, -0.15) is 0 Å². The quantitative estimate of drug-likeness (QED) is 0.165. The third-order valence-corrected chi connectivity index (χ3v) is 4.00. The number of fused-ring (bicyclic) bond motifs is 1. The van der Waals surface area contributed by atoms with Crippen molar-refractivity contribution in [2.45, 2.75) is 19.4 Å². The molecule has 0 radical (unpaired) electrons. The van der Waals surface area contributed by atoms with Crippen LogP contribution in [-0.4, -0.2) is 26.9 Å². The van der Waals surface area contributed by atoms with Crippen molar-refractivity contribution in [3.8, 4) is 5.75 Å². The standard InChI is InChI=1S/C19H19N5O3/c1-2-6-13-7-5-8-14(19(26)21-20)18(13)27-17(25)11-12-24-16-10-4-3-9-15(16)22-23-24/h2-5,7-10H,1,6,11-12,20H2,(H,21,26). The van der Waals surface area contributed by atoms with Gasteiger partial charge in [0.25, 0.3) is 5.91 Å². The van der Waals surface area contributed by atoms with Crippen molar-refractivity contribution in [3.63, 3.8) is 0 Å². The Balaban J connectivity index is 1.77. The minimum atomic E-state index is -0.536. The SMILES string of the molecule is C=CCc1cccc(C(=O)NN)c1OC(=O)CCn1nnc2ccccc21. The summed E-state index contributed by atoms with van der Waals surface area (Å²) in [5.74, 6) is 4.39. The number of aryl methyl sites for hydroxylation is 1. The molecule has 2 aromatic carbocycles. The molecule has 0 aliphatic carbocycles. The van der Waals surface area contributed by atoms with Gasteiger partial charge in [0.1, 0.15) is 11.3 Å². The van der Waals surface area contributed by atoms with Crippen LogP contribution in [0.5, 0.6) is 5.75 Å². The molecule has 27 heavy (non-hydrogen) atoms. The number of nitrogens with two attached hydrogens (primary N) is 1. The minimum Gasteiger partial charge on any atom is -0.425 e. The highest BCUT2D eigenvalue weighted by atomic mass is 16.5. The van der Waals surface area contributed by atoms with Crippen LogP contribution in [0.15, 0.2) is 55.1 Å². The fourth-order valence-electron chi connectivity index (χ4n) is 2.72. The first-order valence-corrected chi connectivity index (χ1v) is 8.36. The Morgan fingerprint density at radius 2 is 2.04 bits per heavy atom. The molecule has 0 atom stereocenters. The predicted octanol–water partition coefficient (Wildman–Crippen LogP) is 1.76. The Bertz CT molecular complexity index is 996. The lowest BCUT2D eigenvalue weighted by atomic mass is 10.1. The molecule has 0 aliphatic heterocycles. The number of aromatic nitrogens is 3. The number of hydrazine groups is 1. The van der Waals surface area contributed by atoms with E-state index < -0.39 is 11.9 Å². The van der Waals surface area contributed by atoms with E-state index in [4.69, 9.17) is 10.6 Å². The summed E-state index contributed by atoms with van der Waals surface area (Å²) in [5.41, 5.74) is 4.51. The average Bonchev–Trinajstić information content (AvgIpc) is 3.10. The Kier molecular flexibility index (Phi) is 5.58. The van der Waals surface area contributed by atoms with E-state index in [0.717, 1.165) is 11.0 Å². The number of esters is 1. The van der Waals surface area contributed by atoms with Crippen molar-refractivity contribution in [3.05, 3.63) is 66.2 Å². The van der Waals surface area contributed by atoms with E-state index in [-0.39, 0.29) is 17.7 Å². The topological polar surface area (TPSA) is 112 Å². The van der Waals surface area contributed by atoms with E-state index in [1.54, 1.807) is 29.0 Å². The fourth-order valence-corrected chi connectivity index (χ4v) is 2.72. The number of carbonyl (C=O) groups excluding carboxylic acids is 2. The maximum Gasteiger partial charge on any atom is 0.313 e. The summed E-state index contributed by atoms with van der Waals surface area (Å²) in [4.78, 5) is 24.4. The van der Waals surface area contributed by atoms with Gasteiger partial charge in [-0.3, -0.25) is 15.0 Å². The van der Waals surface area contributed by atoms with Gasteiger partial charge in [0.2, 0.25) is 0 Å². The molecule has 8 heteroatoms. The van der Waals surface area contributed by atoms with E-state index in [9.17, 15) is 9.59 Å². The van der Waals surface area contributed by atoms with E-state index in [2.05, 4.69) is 22.3 Å². The van der Waals surface area contributed by atoms with Crippen molar-refractivity contribution in [2.75, 3.05) is 0 Å². The first-order valence-electron chi connectivity index (χ1n) is 8.36. The number of hydrogen-bond donors (Lipinski definition) is 2. The highest BCUT2D eigenvalue weighted by molar-refractivity contribution is 5.97. The molecule has 0 fully saturated rings. The normalized spacial score (nSPS) is 10.6. The number of carbonyl (C=O) groups is 2. The van der Waals surface area contributed by atoms with Crippen LogP contribution in [-0.2, 0) is 17.8 Å². The van der Waals surface area contributed by atoms with Gasteiger partial charge in [-0.15, -0.1) is 11.7 Å². The summed E-state index contributed by atoms with van der Waals surface area (Å²) in [7, 11) is 0. The second-order valence-corrected chi connectivity index (χ2v) is 5.79. The van der Waals surface area contributed by atoms with Crippen molar-refractivity contribution >= 4 is 22.9 Å². The molecular formula is C19H19N5O3. The van der Waals surface area contributed by atoms with Gasteiger partial charge in [0, 0.05) is 0 Å². The van der Waals surface area contributed by atoms with Crippen LogP contribution in [0.1, 0.15) is 22.3 Å². The van der Waals surface area contributed by atoms with Gasteiger partial charge < -0.3 is 4.74 Å². The zero-order valence-electron chi connectivity index (χ0n) is 14.6. The van der Waals surface area contributed by atoms with Crippen molar-refractivity contribution < 1.29 is 14.3 Å². The van der Waals surface area contributed by atoms with Gasteiger partial charge in [0.05, 0.1) is 24.0 Å². The molecule has 8 nitrogen and oxygen atoms in total. The van der Waals surface area contributed by atoms with Crippen molar-refractivity contribution in [2.24, 2.45) is 5.84 Å². The zero-order chi connectivity index (χ0) is 19.2. The highest BCUT2D eigenvalue weighted by Crippen LogP contribution is 2.25. The molecule has 0 saturated carbocycles. The monoisotopic (exact) mass is 365 g/mol. The van der Waals surface area contributed by atoms with Crippen LogP contribution in [0.3, 0.4) is 0 Å². The summed E-state index contributed by atoms with van der Waals surface area (Å²) in [6.07, 6.45) is 2.18. The second kappa shape index (κ2) is 8.24. The Morgan fingerprint density at radius 1 is 1.22 bits per heavy atom. The number of rotatable bonds is 7. The number of nitrogen functional groups attached to an aromatic ring is 1. The molecule has 138 valence electrons. The molecule has 3 aromatic rings. The summed E-state index contributed by atoms with van der Waals surface area (Å²) >= 11 is 0. The number of allylic oxidation sites excluding steroid dienone is 1. The number of amides is 1. The molecular weight excluding hydrogens is 346 g/mol. The smallest absolute Gasteiger partial charge is 0.313 e. The van der Waals surface area contributed by atoms with Crippen molar-refractivity contribution in [1.29, 1.82) is 0 Å². The first kappa shape index (κ1) is 18.3. The summed E-state index contributed by atoms with van der Waals surface area (Å²) in [6.45, 7) is 3.99. The number of nitrogens with zero attached hydrogens (tertiary/aromatic N) is 3. The summed E-state index contributed by atoms with van der Waals surface area (Å²) < 4.78 is 7.14. The molecule has 0 saturated heterocycles. The maximum atomic E-state index is 12.4. The second-order valence-electron chi connectivity index (χ2n) is 5.79. The fraction of sp³-hybridized carbons (Fsp3) is 0.158. The number of nitrogens with one attached hydrogen (secondary N) is 1. The minimum absolute atomic E-state index is 0.0689. The summed E-state index contributed by atoms with van der Waals surface area (Å²) in [5, 5.41) is 8.10. The molecule has 3 N–H and O–H groups in total. The average molecular weight is 365 g/mol. The lowest BCUT2D eigenvalue weighted by molar-refractivity contribution is -0.134. The lowest BCUT2D eigenvalue weighted by Crippen LogP contribution is -2.31. The molecule has 0 unspecified atom stereocenters. The van der Waals surface area contributed by atoms with Crippen molar-refractivity contribution in [1.82, 2.24) is 20.4 Å².